The molecule has 1 amide bonds. The number of benzene rings is 2. The van der Waals surface area contributed by atoms with E-state index >= 15 is 0 Å². The topological polar surface area (TPSA) is 38.3 Å². The molecule has 3 nitrogen and oxygen atoms in total. The van der Waals surface area contributed by atoms with Gasteiger partial charge >= 0.3 is 0 Å². The number of carbonyl (C=O) groups excluding carboxylic acids is 1. The van der Waals surface area contributed by atoms with Gasteiger partial charge in [-0.2, -0.15) is 0 Å². The number of para-hydroxylation sites is 1. The van der Waals surface area contributed by atoms with Crippen LogP contribution in [0.4, 0.5) is 4.39 Å². The summed E-state index contributed by atoms with van der Waals surface area (Å²) >= 11 is 5.79. The van der Waals surface area contributed by atoms with Gasteiger partial charge in [0.1, 0.15) is 17.2 Å². The van der Waals surface area contributed by atoms with Crippen molar-refractivity contribution in [2.45, 2.75) is 50.2 Å². The largest absolute Gasteiger partial charge is 0.487 e. The van der Waals surface area contributed by atoms with Crippen LogP contribution in [0.2, 0.25) is 5.02 Å². The quantitative estimate of drug-likeness (QED) is 0.761. The molecular weight excluding hydrogens is 353 g/mol. The van der Waals surface area contributed by atoms with Gasteiger partial charge in [-0.15, -0.1) is 0 Å². The molecule has 1 aliphatic carbocycles. The summed E-state index contributed by atoms with van der Waals surface area (Å²) in [5.41, 5.74) is 0.728. The van der Waals surface area contributed by atoms with Gasteiger partial charge in [-0.1, -0.05) is 36.2 Å². The second kappa shape index (κ2) is 6.92. The fourth-order valence-electron chi connectivity index (χ4n) is 4.16. The van der Waals surface area contributed by atoms with Gasteiger partial charge in [-0.05, 0) is 49.9 Å². The SMILES string of the molecule is O=C(N[C@H]1CC2(CCCCC2)Oc2ccccc21)c1ccc(Cl)cc1F. The Kier molecular flexibility index (Phi) is 4.62. The fraction of sp³-hybridized carbons (Fsp3) is 0.381. The van der Waals surface area contributed by atoms with E-state index in [1.807, 2.05) is 24.3 Å². The predicted molar refractivity (Wildman–Crippen MR) is 99.1 cm³/mol. The summed E-state index contributed by atoms with van der Waals surface area (Å²) in [6.45, 7) is 0. The summed E-state index contributed by atoms with van der Waals surface area (Å²) in [6.07, 6.45) is 6.18. The molecule has 136 valence electrons. The van der Waals surface area contributed by atoms with Crippen LogP contribution in [0, 0.1) is 5.82 Å². The molecule has 5 heteroatoms. The van der Waals surface area contributed by atoms with Gasteiger partial charge in [0.15, 0.2) is 0 Å². The standard InChI is InChI=1S/C21H21ClFNO2/c22-14-8-9-15(17(23)12-14)20(25)24-18-13-21(10-4-1-5-11-21)26-19-7-3-2-6-16(18)19/h2-3,6-9,12,18H,1,4-5,10-11,13H2,(H,24,25)/t18-/m0/s1. The zero-order valence-corrected chi connectivity index (χ0v) is 15.2. The number of hydrogen-bond acceptors (Lipinski definition) is 2. The maximum atomic E-state index is 14.1. The molecule has 0 saturated heterocycles. The first-order valence-corrected chi connectivity index (χ1v) is 9.48. The third-order valence-electron chi connectivity index (χ3n) is 5.44. The number of nitrogens with one attached hydrogen (secondary N) is 1. The van der Waals surface area contributed by atoms with Crippen LogP contribution in [0.15, 0.2) is 42.5 Å². The number of ether oxygens (including phenoxy) is 1. The summed E-state index contributed by atoms with van der Waals surface area (Å²) < 4.78 is 20.5. The lowest BCUT2D eigenvalue weighted by molar-refractivity contribution is -0.00211. The minimum absolute atomic E-state index is 0.0102. The molecule has 0 unspecified atom stereocenters. The molecule has 1 spiro atoms. The lowest BCUT2D eigenvalue weighted by Crippen LogP contribution is -2.46. The molecule has 2 aromatic carbocycles. The molecule has 1 fully saturated rings. The smallest absolute Gasteiger partial charge is 0.254 e. The Morgan fingerprint density at radius 1 is 1.15 bits per heavy atom. The van der Waals surface area contributed by atoms with E-state index in [1.54, 1.807) is 0 Å². The first kappa shape index (κ1) is 17.3. The normalized spacial score (nSPS) is 20.9. The average molecular weight is 374 g/mol. The minimum atomic E-state index is -0.609. The van der Waals surface area contributed by atoms with E-state index in [9.17, 15) is 9.18 Å². The molecule has 1 N–H and O–H groups in total. The van der Waals surface area contributed by atoms with Crippen LogP contribution in [-0.2, 0) is 0 Å². The summed E-state index contributed by atoms with van der Waals surface area (Å²) in [4.78, 5) is 12.7. The third-order valence-corrected chi connectivity index (χ3v) is 5.68. The molecule has 0 aromatic heterocycles. The third kappa shape index (κ3) is 3.30. The second-order valence-corrected chi connectivity index (χ2v) is 7.67. The van der Waals surface area contributed by atoms with Gasteiger partial charge in [-0.25, -0.2) is 4.39 Å². The number of amides is 1. The number of fused-ring (bicyclic) bond motifs is 1. The second-order valence-electron chi connectivity index (χ2n) is 7.24. The lowest BCUT2D eigenvalue weighted by Gasteiger charge is -2.44. The minimum Gasteiger partial charge on any atom is -0.487 e. The number of rotatable bonds is 2. The Bertz CT molecular complexity index is 833. The van der Waals surface area contributed by atoms with Crippen molar-refractivity contribution in [1.29, 1.82) is 0 Å². The van der Waals surface area contributed by atoms with E-state index in [4.69, 9.17) is 16.3 Å². The molecule has 2 aromatic rings. The molecule has 1 saturated carbocycles. The average Bonchev–Trinajstić information content (AvgIpc) is 2.62. The van der Waals surface area contributed by atoms with Crippen LogP contribution in [0.3, 0.4) is 0 Å². The van der Waals surface area contributed by atoms with Gasteiger partial charge in [0, 0.05) is 17.0 Å². The van der Waals surface area contributed by atoms with Crippen molar-refractivity contribution in [1.82, 2.24) is 5.32 Å². The Labute approximate surface area is 157 Å². The maximum absolute atomic E-state index is 14.1. The van der Waals surface area contributed by atoms with E-state index in [0.717, 1.165) is 43.1 Å². The Balaban J connectivity index is 1.62. The lowest BCUT2D eigenvalue weighted by atomic mass is 9.77. The van der Waals surface area contributed by atoms with Crippen molar-refractivity contribution < 1.29 is 13.9 Å². The van der Waals surface area contributed by atoms with Gasteiger partial charge in [0.05, 0.1) is 11.6 Å². The highest BCUT2D eigenvalue weighted by Gasteiger charge is 2.42. The van der Waals surface area contributed by atoms with E-state index in [0.29, 0.717) is 6.42 Å². The van der Waals surface area contributed by atoms with Crippen LogP contribution in [0.25, 0.3) is 0 Å². The maximum Gasteiger partial charge on any atom is 0.254 e. The van der Waals surface area contributed by atoms with E-state index in [-0.39, 0.29) is 22.2 Å². The van der Waals surface area contributed by atoms with E-state index in [1.165, 1.54) is 18.6 Å². The van der Waals surface area contributed by atoms with Gasteiger partial charge < -0.3 is 10.1 Å². The molecule has 1 aliphatic heterocycles. The van der Waals surface area contributed by atoms with Crippen molar-refractivity contribution in [3.05, 3.63) is 64.4 Å². The van der Waals surface area contributed by atoms with Crippen molar-refractivity contribution in [2.24, 2.45) is 0 Å². The molecule has 26 heavy (non-hydrogen) atoms. The van der Waals surface area contributed by atoms with Crippen LogP contribution in [0.1, 0.15) is 60.5 Å². The molecule has 0 radical (unpaired) electrons. The number of hydrogen-bond donors (Lipinski definition) is 1. The van der Waals surface area contributed by atoms with Crippen LogP contribution in [0.5, 0.6) is 5.75 Å². The zero-order valence-electron chi connectivity index (χ0n) is 14.4. The van der Waals surface area contributed by atoms with Gasteiger partial charge in [-0.3, -0.25) is 4.79 Å². The summed E-state index contributed by atoms with van der Waals surface area (Å²) in [5.74, 6) is -0.211. The molecule has 2 aliphatic rings. The number of halogens is 2. The van der Waals surface area contributed by atoms with Crippen molar-refractivity contribution in [3.63, 3.8) is 0 Å². The Morgan fingerprint density at radius 2 is 1.92 bits per heavy atom. The van der Waals surface area contributed by atoms with Crippen molar-refractivity contribution in [2.75, 3.05) is 0 Å². The summed E-state index contributed by atoms with van der Waals surface area (Å²) in [5, 5.41) is 3.30. The Morgan fingerprint density at radius 3 is 2.69 bits per heavy atom. The Hall–Kier alpha value is -2.07. The molecule has 4 rings (SSSR count). The highest BCUT2D eigenvalue weighted by Crippen LogP contribution is 2.46. The van der Waals surface area contributed by atoms with Crippen LogP contribution >= 0.6 is 11.6 Å². The van der Waals surface area contributed by atoms with Crippen molar-refractivity contribution in [3.8, 4) is 5.75 Å². The zero-order chi connectivity index (χ0) is 18.1. The summed E-state index contributed by atoms with van der Waals surface area (Å²) in [6, 6.07) is 11.7. The molecule has 0 bridgehead atoms. The van der Waals surface area contributed by atoms with E-state index in [2.05, 4.69) is 5.32 Å². The number of carbonyl (C=O) groups is 1. The van der Waals surface area contributed by atoms with Crippen molar-refractivity contribution >= 4 is 17.5 Å². The molecular formula is C21H21ClFNO2. The van der Waals surface area contributed by atoms with Crippen LogP contribution < -0.4 is 10.1 Å². The van der Waals surface area contributed by atoms with E-state index < -0.39 is 11.7 Å². The van der Waals surface area contributed by atoms with Gasteiger partial charge in [0.25, 0.3) is 5.91 Å². The molecule has 1 atom stereocenters. The first-order valence-electron chi connectivity index (χ1n) is 9.10. The fourth-order valence-corrected chi connectivity index (χ4v) is 4.32. The highest BCUT2D eigenvalue weighted by molar-refractivity contribution is 6.30. The monoisotopic (exact) mass is 373 g/mol. The molecule has 1 heterocycles. The highest BCUT2D eigenvalue weighted by atomic mass is 35.5. The van der Waals surface area contributed by atoms with Gasteiger partial charge in [0.2, 0.25) is 0 Å². The van der Waals surface area contributed by atoms with Crippen LogP contribution in [-0.4, -0.2) is 11.5 Å². The summed E-state index contributed by atoms with van der Waals surface area (Å²) in [7, 11) is 0. The predicted octanol–water partition coefficient (Wildman–Crippen LogP) is 5.44. The first-order chi connectivity index (χ1) is 12.6.